The highest BCUT2D eigenvalue weighted by molar-refractivity contribution is 14.1. The van der Waals surface area contributed by atoms with Gasteiger partial charge in [-0.2, -0.15) is 0 Å². The molecule has 1 saturated heterocycles. The molecule has 25 heavy (non-hydrogen) atoms. The first-order valence-corrected chi connectivity index (χ1v) is 9.35. The first-order valence-electron chi connectivity index (χ1n) is 7.45. The highest BCUT2D eigenvalue weighted by Crippen LogP contribution is 2.32. The Hall–Kier alpha value is -2.00. The Bertz CT molecular complexity index is 819. The first kappa shape index (κ1) is 17.8. The molecule has 1 aliphatic rings. The molecule has 1 aliphatic heterocycles. The Balaban J connectivity index is 1.68. The fourth-order valence-electron chi connectivity index (χ4n) is 2.23. The summed E-state index contributed by atoms with van der Waals surface area (Å²) in [5.41, 5.74) is 1.70. The van der Waals surface area contributed by atoms with Gasteiger partial charge in [-0.3, -0.25) is 14.5 Å². The summed E-state index contributed by atoms with van der Waals surface area (Å²) >= 11 is 3.17. The Morgan fingerprint density at radius 2 is 1.80 bits per heavy atom. The number of carbonyl (C=O) groups is 2. The van der Waals surface area contributed by atoms with Gasteiger partial charge in [-0.1, -0.05) is 12.1 Å². The van der Waals surface area contributed by atoms with Gasteiger partial charge >= 0.3 is 0 Å². The van der Waals surface area contributed by atoms with Crippen molar-refractivity contribution >= 4 is 57.3 Å². The van der Waals surface area contributed by atoms with Gasteiger partial charge in [0, 0.05) is 9.26 Å². The highest BCUT2D eigenvalue weighted by Gasteiger charge is 2.34. The summed E-state index contributed by atoms with van der Waals surface area (Å²) < 4.78 is 6.23. The van der Waals surface area contributed by atoms with Crippen LogP contribution in [-0.2, 0) is 4.79 Å². The summed E-state index contributed by atoms with van der Waals surface area (Å²) in [4.78, 5) is 26.2. The average Bonchev–Trinajstić information content (AvgIpc) is 2.89. The summed E-state index contributed by atoms with van der Waals surface area (Å²) in [5.74, 6) is 0.454. The van der Waals surface area contributed by atoms with E-state index < -0.39 is 0 Å². The fourth-order valence-corrected chi connectivity index (χ4v) is 3.42. The smallest absolute Gasteiger partial charge is 0.295 e. The van der Waals surface area contributed by atoms with Crippen molar-refractivity contribution in [2.24, 2.45) is 0 Å². The van der Waals surface area contributed by atoms with Gasteiger partial charge in [-0.05, 0) is 82.4 Å². The molecule has 1 fully saturated rings. The van der Waals surface area contributed by atoms with Crippen LogP contribution in [0.1, 0.15) is 5.56 Å². The molecule has 5 nitrogen and oxygen atoms in total. The molecule has 0 atom stereocenters. The molecule has 2 aromatic carbocycles. The summed E-state index contributed by atoms with van der Waals surface area (Å²) in [6.07, 6.45) is 1.72. The third kappa shape index (κ3) is 4.35. The van der Waals surface area contributed by atoms with E-state index in [9.17, 15) is 9.59 Å². The van der Waals surface area contributed by atoms with Crippen LogP contribution in [0.3, 0.4) is 0 Å². The third-order valence-electron chi connectivity index (χ3n) is 3.57. The predicted octanol–water partition coefficient (Wildman–Crippen LogP) is 4.41. The van der Waals surface area contributed by atoms with Gasteiger partial charge in [0.1, 0.15) is 5.75 Å². The Labute approximate surface area is 163 Å². The minimum atomic E-state index is -0.288. The Morgan fingerprint density at radius 3 is 2.44 bits per heavy atom. The van der Waals surface area contributed by atoms with Crippen molar-refractivity contribution in [2.45, 2.75) is 0 Å². The zero-order valence-electron chi connectivity index (χ0n) is 13.4. The number of anilines is 1. The molecule has 0 unspecified atom stereocenters. The Morgan fingerprint density at radius 1 is 1.12 bits per heavy atom. The normalized spacial score (nSPS) is 15.8. The zero-order chi connectivity index (χ0) is 17.8. The molecule has 0 aromatic heterocycles. The maximum atomic E-state index is 12.5. The quantitative estimate of drug-likeness (QED) is 0.523. The molecule has 1 N–H and O–H groups in total. The number of carbonyl (C=O) groups excluding carboxylic acids is 2. The van der Waals surface area contributed by atoms with Gasteiger partial charge in [-0.15, -0.1) is 0 Å². The van der Waals surface area contributed by atoms with Gasteiger partial charge in [0.25, 0.3) is 11.1 Å². The molecule has 1 heterocycles. The number of benzene rings is 2. The minimum Gasteiger partial charge on any atom is -0.497 e. The summed E-state index contributed by atoms with van der Waals surface area (Å²) in [6.45, 7) is 0.144. The van der Waals surface area contributed by atoms with Crippen LogP contribution in [0.15, 0.2) is 53.4 Å². The molecule has 0 bridgehead atoms. The van der Waals surface area contributed by atoms with Gasteiger partial charge in [0.2, 0.25) is 0 Å². The van der Waals surface area contributed by atoms with Crippen LogP contribution < -0.4 is 10.1 Å². The standard InChI is InChI=1S/C18H15IN2O3S/c1-24-15-8-2-12(3-9-15)10-16-17(22)21(18(23)25-16)11-20-14-6-4-13(19)5-7-14/h2-10,20H,11H2,1H3. The fraction of sp³-hybridized carbons (Fsp3) is 0.111. The number of methoxy groups -OCH3 is 1. The van der Waals surface area contributed by atoms with Crippen LogP contribution in [-0.4, -0.2) is 29.8 Å². The summed E-state index contributed by atoms with van der Waals surface area (Å²) in [6, 6.07) is 15.1. The molecule has 2 aromatic rings. The Kier molecular flexibility index (Phi) is 5.64. The molecular formula is C18H15IN2O3S. The second-order valence-corrected chi connectivity index (χ2v) is 7.46. The highest BCUT2D eigenvalue weighted by atomic mass is 127. The van der Waals surface area contributed by atoms with E-state index in [1.54, 1.807) is 13.2 Å². The van der Waals surface area contributed by atoms with Gasteiger partial charge in [-0.25, -0.2) is 0 Å². The molecule has 0 spiro atoms. The van der Waals surface area contributed by atoms with Crippen LogP contribution in [0, 0.1) is 3.57 Å². The molecule has 3 rings (SSSR count). The van der Waals surface area contributed by atoms with E-state index in [0.29, 0.717) is 4.91 Å². The average molecular weight is 466 g/mol. The minimum absolute atomic E-state index is 0.144. The van der Waals surface area contributed by atoms with Crippen molar-refractivity contribution in [1.29, 1.82) is 0 Å². The number of hydrogen-bond donors (Lipinski definition) is 1. The number of nitrogens with zero attached hydrogens (tertiary/aromatic N) is 1. The lowest BCUT2D eigenvalue weighted by Crippen LogP contribution is -2.33. The third-order valence-corrected chi connectivity index (χ3v) is 5.20. The van der Waals surface area contributed by atoms with E-state index in [-0.39, 0.29) is 17.8 Å². The number of imide groups is 1. The van der Waals surface area contributed by atoms with Crippen LogP contribution in [0.4, 0.5) is 10.5 Å². The number of hydrogen-bond acceptors (Lipinski definition) is 5. The number of halogens is 1. The lowest BCUT2D eigenvalue weighted by molar-refractivity contribution is -0.122. The maximum absolute atomic E-state index is 12.5. The second-order valence-electron chi connectivity index (χ2n) is 5.22. The van der Waals surface area contributed by atoms with Crippen LogP contribution >= 0.6 is 34.4 Å². The first-order chi connectivity index (χ1) is 12.1. The van der Waals surface area contributed by atoms with Crippen molar-refractivity contribution in [2.75, 3.05) is 19.1 Å². The van der Waals surface area contributed by atoms with Crippen LogP contribution in [0.25, 0.3) is 6.08 Å². The molecule has 0 aliphatic carbocycles. The van der Waals surface area contributed by atoms with Gasteiger partial charge < -0.3 is 10.1 Å². The van der Waals surface area contributed by atoms with Crippen molar-refractivity contribution in [3.05, 3.63) is 62.6 Å². The summed E-state index contributed by atoms with van der Waals surface area (Å²) in [5, 5.41) is 2.82. The topological polar surface area (TPSA) is 58.6 Å². The van der Waals surface area contributed by atoms with Crippen LogP contribution in [0.5, 0.6) is 5.75 Å². The SMILES string of the molecule is COc1ccc(C=C2SC(=O)N(CNc3ccc(I)cc3)C2=O)cc1. The molecule has 7 heteroatoms. The number of thioether (sulfide) groups is 1. The monoisotopic (exact) mass is 466 g/mol. The van der Waals surface area contributed by atoms with E-state index in [1.165, 1.54) is 4.90 Å². The second kappa shape index (κ2) is 7.92. The number of amides is 2. The molecular weight excluding hydrogens is 451 g/mol. The largest absolute Gasteiger partial charge is 0.497 e. The molecule has 2 amide bonds. The lowest BCUT2D eigenvalue weighted by atomic mass is 10.2. The van der Waals surface area contributed by atoms with Crippen molar-refractivity contribution < 1.29 is 14.3 Å². The van der Waals surface area contributed by atoms with E-state index in [4.69, 9.17) is 4.74 Å². The van der Waals surface area contributed by atoms with Gasteiger partial charge in [0.15, 0.2) is 0 Å². The predicted molar refractivity (Wildman–Crippen MR) is 108 cm³/mol. The van der Waals surface area contributed by atoms with Crippen molar-refractivity contribution in [3.8, 4) is 5.75 Å². The lowest BCUT2D eigenvalue weighted by Gasteiger charge is -2.14. The summed E-state index contributed by atoms with van der Waals surface area (Å²) in [7, 11) is 1.60. The van der Waals surface area contributed by atoms with Crippen LogP contribution in [0.2, 0.25) is 0 Å². The van der Waals surface area contributed by atoms with E-state index in [2.05, 4.69) is 27.9 Å². The molecule has 0 radical (unpaired) electrons. The van der Waals surface area contributed by atoms with Gasteiger partial charge in [0.05, 0.1) is 18.7 Å². The number of nitrogens with one attached hydrogen (secondary N) is 1. The zero-order valence-corrected chi connectivity index (χ0v) is 16.3. The van der Waals surface area contributed by atoms with E-state index in [1.807, 2.05) is 48.5 Å². The number of ether oxygens (including phenoxy) is 1. The van der Waals surface area contributed by atoms with Crippen molar-refractivity contribution in [1.82, 2.24) is 4.90 Å². The van der Waals surface area contributed by atoms with Crippen molar-refractivity contribution in [3.63, 3.8) is 0 Å². The number of rotatable bonds is 5. The van der Waals surface area contributed by atoms with E-state index >= 15 is 0 Å². The molecule has 0 saturated carbocycles. The molecule has 128 valence electrons. The van der Waals surface area contributed by atoms with E-state index in [0.717, 1.165) is 32.3 Å². The maximum Gasteiger partial charge on any atom is 0.295 e.